The summed E-state index contributed by atoms with van der Waals surface area (Å²) >= 11 is 11.8. The molecule has 4 heteroatoms. The number of nitrogens with one attached hydrogen (secondary N) is 1. The molecule has 0 amide bonds. The highest BCUT2D eigenvalue weighted by Gasteiger charge is 2.10. The van der Waals surface area contributed by atoms with E-state index in [1.165, 1.54) is 5.56 Å². The Morgan fingerprint density at radius 3 is 2.65 bits per heavy atom. The molecule has 0 unspecified atom stereocenters. The molecule has 0 bridgehead atoms. The molecule has 0 spiro atoms. The van der Waals surface area contributed by atoms with E-state index in [0.29, 0.717) is 15.7 Å². The predicted octanol–water partition coefficient (Wildman–Crippen LogP) is 5.46. The first-order valence-corrected chi connectivity index (χ1v) is 7.36. The molecule has 0 aliphatic heterocycles. The van der Waals surface area contributed by atoms with E-state index >= 15 is 0 Å². The van der Waals surface area contributed by atoms with Crippen LogP contribution in [0.15, 0.2) is 42.5 Å². The van der Waals surface area contributed by atoms with Crippen molar-refractivity contribution in [1.82, 2.24) is 9.55 Å². The number of nitrogens with zero attached hydrogens (tertiary/aromatic N) is 1. The molecule has 0 saturated heterocycles. The Hall–Kier alpha value is -1.58. The van der Waals surface area contributed by atoms with Gasteiger partial charge in [0.25, 0.3) is 0 Å². The lowest BCUT2D eigenvalue weighted by Gasteiger charge is -2.10. The van der Waals surface area contributed by atoms with Crippen LogP contribution >= 0.6 is 23.8 Å². The molecular weight excluding hydrogens is 288 g/mol. The van der Waals surface area contributed by atoms with E-state index in [1.54, 1.807) is 0 Å². The second-order valence-electron chi connectivity index (χ2n) is 5.15. The Kier molecular flexibility index (Phi) is 3.40. The van der Waals surface area contributed by atoms with Crippen molar-refractivity contribution in [3.63, 3.8) is 0 Å². The molecule has 2 aromatic carbocycles. The number of para-hydroxylation sites is 1. The number of hydrogen-bond acceptors (Lipinski definition) is 1. The summed E-state index contributed by atoms with van der Waals surface area (Å²) in [5, 5.41) is 0.699. The van der Waals surface area contributed by atoms with Crippen molar-refractivity contribution in [3.05, 3.63) is 57.8 Å². The highest BCUT2D eigenvalue weighted by atomic mass is 35.5. The fraction of sp³-hybridized carbons (Fsp3) is 0.188. The Labute approximate surface area is 128 Å². The Balaban J connectivity index is 2.32. The third kappa shape index (κ3) is 2.17. The summed E-state index contributed by atoms with van der Waals surface area (Å²) in [6, 6.07) is 14.2. The van der Waals surface area contributed by atoms with Crippen LogP contribution in [0.3, 0.4) is 0 Å². The average Bonchev–Trinajstić information content (AvgIpc) is 2.76. The van der Waals surface area contributed by atoms with Gasteiger partial charge in [0.05, 0.1) is 16.1 Å². The second-order valence-corrected chi connectivity index (χ2v) is 5.95. The van der Waals surface area contributed by atoms with Gasteiger partial charge in [-0.25, -0.2) is 0 Å². The minimum Gasteiger partial charge on any atom is -0.330 e. The third-order valence-electron chi connectivity index (χ3n) is 3.45. The highest BCUT2D eigenvalue weighted by Crippen LogP contribution is 2.27. The van der Waals surface area contributed by atoms with E-state index in [0.717, 1.165) is 16.7 Å². The molecule has 2 nitrogen and oxygen atoms in total. The van der Waals surface area contributed by atoms with E-state index in [9.17, 15) is 0 Å². The number of hydrogen-bond donors (Lipinski definition) is 1. The topological polar surface area (TPSA) is 20.7 Å². The molecule has 0 atom stereocenters. The minimum atomic E-state index is 0.477. The minimum absolute atomic E-state index is 0.477. The molecule has 3 aromatic rings. The smallest absolute Gasteiger partial charge is 0.182 e. The number of fused-ring (bicyclic) bond motifs is 1. The maximum atomic E-state index is 6.34. The lowest BCUT2D eigenvalue weighted by Crippen LogP contribution is -1.96. The van der Waals surface area contributed by atoms with Gasteiger partial charge in [-0.1, -0.05) is 43.6 Å². The first-order chi connectivity index (χ1) is 9.58. The van der Waals surface area contributed by atoms with E-state index in [-0.39, 0.29) is 0 Å². The van der Waals surface area contributed by atoms with Gasteiger partial charge in [0.15, 0.2) is 4.77 Å². The standard InChI is InChI=1S/C16H15ClN2S/c1-10(2)11-5-3-6-12(9-11)19-15-13(17)7-4-8-14(15)18-16(19)20/h3-10H,1-2H3,(H,18,20). The molecule has 0 aliphatic rings. The normalized spacial score (nSPS) is 11.4. The quantitative estimate of drug-likeness (QED) is 0.623. The number of halogens is 1. The first kappa shape index (κ1) is 13.4. The van der Waals surface area contributed by atoms with Crippen LogP contribution in [0.2, 0.25) is 5.02 Å². The summed E-state index contributed by atoms with van der Waals surface area (Å²) in [4.78, 5) is 3.21. The summed E-state index contributed by atoms with van der Waals surface area (Å²) in [5.41, 5.74) is 4.21. The Morgan fingerprint density at radius 2 is 1.90 bits per heavy atom. The second kappa shape index (κ2) is 5.08. The predicted molar refractivity (Wildman–Crippen MR) is 87.6 cm³/mol. The average molecular weight is 303 g/mol. The maximum Gasteiger partial charge on any atom is 0.182 e. The van der Waals surface area contributed by atoms with Crippen molar-refractivity contribution in [2.75, 3.05) is 0 Å². The summed E-state index contributed by atoms with van der Waals surface area (Å²) in [5.74, 6) is 0.477. The molecule has 102 valence electrons. The van der Waals surface area contributed by atoms with Crippen LogP contribution < -0.4 is 0 Å². The molecule has 0 fully saturated rings. The van der Waals surface area contributed by atoms with Gasteiger partial charge in [0, 0.05) is 5.69 Å². The zero-order valence-corrected chi connectivity index (χ0v) is 12.9. The van der Waals surface area contributed by atoms with Crippen LogP contribution in [-0.4, -0.2) is 9.55 Å². The van der Waals surface area contributed by atoms with Crippen LogP contribution in [0.25, 0.3) is 16.7 Å². The molecule has 1 heterocycles. The van der Waals surface area contributed by atoms with Gasteiger partial charge in [0.1, 0.15) is 0 Å². The fourth-order valence-electron chi connectivity index (χ4n) is 2.39. The summed E-state index contributed by atoms with van der Waals surface area (Å²) in [6.07, 6.45) is 0. The van der Waals surface area contributed by atoms with Gasteiger partial charge in [0.2, 0.25) is 0 Å². The molecule has 1 N–H and O–H groups in total. The van der Waals surface area contributed by atoms with Crippen LogP contribution in [0, 0.1) is 4.77 Å². The number of benzene rings is 2. The monoisotopic (exact) mass is 302 g/mol. The lowest BCUT2D eigenvalue weighted by molar-refractivity contribution is 0.863. The largest absolute Gasteiger partial charge is 0.330 e. The fourth-order valence-corrected chi connectivity index (χ4v) is 2.95. The summed E-state index contributed by atoms with van der Waals surface area (Å²) in [6.45, 7) is 4.36. The van der Waals surface area contributed by atoms with Gasteiger partial charge in [-0.05, 0) is 48.0 Å². The number of aromatic nitrogens is 2. The number of imidazole rings is 1. The zero-order valence-electron chi connectivity index (χ0n) is 11.4. The highest BCUT2D eigenvalue weighted by molar-refractivity contribution is 7.71. The Bertz CT molecular complexity index is 830. The van der Waals surface area contributed by atoms with Crippen LogP contribution in [-0.2, 0) is 0 Å². The number of H-pyrrole nitrogens is 1. The zero-order chi connectivity index (χ0) is 14.3. The summed E-state index contributed by atoms with van der Waals surface area (Å²) < 4.78 is 2.66. The summed E-state index contributed by atoms with van der Waals surface area (Å²) in [7, 11) is 0. The maximum absolute atomic E-state index is 6.34. The molecule has 3 rings (SSSR count). The molecule has 0 radical (unpaired) electrons. The van der Waals surface area contributed by atoms with E-state index in [1.807, 2.05) is 22.8 Å². The van der Waals surface area contributed by atoms with Crippen LogP contribution in [0.5, 0.6) is 0 Å². The van der Waals surface area contributed by atoms with Crippen molar-refractivity contribution < 1.29 is 0 Å². The van der Waals surface area contributed by atoms with E-state index < -0.39 is 0 Å². The van der Waals surface area contributed by atoms with E-state index in [4.69, 9.17) is 23.8 Å². The van der Waals surface area contributed by atoms with Gasteiger partial charge in [-0.15, -0.1) is 0 Å². The Morgan fingerprint density at radius 1 is 1.15 bits per heavy atom. The molecule has 0 saturated carbocycles. The van der Waals surface area contributed by atoms with Crippen LogP contribution in [0.1, 0.15) is 25.3 Å². The molecule has 20 heavy (non-hydrogen) atoms. The van der Waals surface area contributed by atoms with E-state index in [2.05, 4.69) is 43.1 Å². The van der Waals surface area contributed by atoms with Crippen LogP contribution in [0.4, 0.5) is 0 Å². The van der Waals surface area contributed by atoms with Crippen molar-refractivity contribution in [3.8, 4) is 5.69 Å². The number of rotatable bonds is 2. The van der Waals surface area contributed by atoms with Gasteiger partial charge in [-0.2, -0.15) is 0 Å². The van der Waals surface area contributed by atoms with Crippen molar-refractivity contribution in [2.45, 2.75) is 19.8 Å². The van der Waals surface area contributed by atoms with Crippen molar-refractivity contribution in [2.24, 2.45) is 0 Å². The van der Waals surface area contributed by atoms with Crippen molar-refractivity contribution >= 4 is 34.9 Å². The molecule has 1 aromatic heterocycles. The van der Waals surface area contributed by atoms with Crippen molar-refractivity contribution in [1.29, 1.82) is 0 Å². The van der Waals surface area contributed by atoms with Gasteiger partial charge >= 0.3 is 0 Å². The number of aromatic amines is 1. The molecule has 0 aliphatic carbocycles. The molecular formula is C16H15ClN2S. The van der Waals surface area contributed by atoms with Gasteiger partial charge < -0.3 is 4.98 Å². The van der Waals surface area contributed by atoms with Gasteiger partial charge in [-0.3, -0.25) is 4.57 Å². The first-order valence-electron chi connectivity index (χ1n) is 6.57. The third-order valence-corrected chi connectivity index (χ3v) is 4.04. The SMILES string of the molecule is CC(C)c1cccc(-n2c(=S)[nH]c3cccc(Cl)c32)c1. The lowest BCUT2D eigenvalue weighted by atomic mass is 10.0.